The normalized spacial score (nSPS) is 14.4. The highest BCUT2D eigenvalue weighted by molar-refractivity contribution is 6.20. The highest BCUT2D eigenvalue weighted by Crippen LogP contribution is 1.98. The lowest BCUT2D eigenvalue weighted by Gasteiger charge is -2.05. The Morgan fingerprint density at radius 3 is 2.83 bits per heavy atom. The maximum Gasteiger partial charge on any atom is 0.0432 e. The van der Waals surface area contributed by atoms with Gasteiger partial charge in [-0.3, -0.25) is 0 Å². The molecule has 0 aliphatic carbocycles. The lowest BCUT2D eigenvalue weighted by atomic mass is 10.2. The molecule has 0 rings (SSSR count). The van der Waals surface area contributed by atoms with Crippen LogP contribution < -0.4 is 5.32 Å². The van der Waals surface area contributed by atoms with E-state index in [0.29, 0.717) is 0 Å². The molecule has 1 atom stereocenters. The maximum atomic E-state index is 5.76. The highest BCUT2D eigenvalue weighted by atomic mass is 35.5. The van der Waals surface area contributed by atoms with Gasteiger partial charge in [0.2, 0.25) is 0 Å². The largest absolute Gasteiger partial charge is 0.315 e. The van der Waals surface area contributed by atoms with Crippen LogP contribution in [0.3, 0.4) is 0 Å². The van der Waals surface area contributed by atoms with Crippen molar-refractivity contribution in [1.82, 2.24) is 5.32 Å². The number of allylic oxidation sites excluding steroid dienone is 2. The molecule has 2 heteroatoms. The van der Waals surface area contributed by atoms with Gasteiger partial charge >= 0.3 is 0 Å². The van der Waals surface area contributed by atoms with Crippen molar-refractivity contribution in [3.63, 3.8) is 0 Å². The van der Waals surface area contributed by atoms with Gasteiger partial charge in [0.15, 0.2) is 0 Å². The first-order valence-electron chi connectivity index (χ1n) is 4.29. The van der Waals surface area contributed by atoms with Crippen LogP contribution in [0.15, 0.2) is 24.3 Å². The van der Waals surface area contributed by atoms with Gasteiger partial charge in [0, 0.05) is 11.9 Å². The molecule has 70 valence electrons. The van der Waals surface area contributed by atoms with E-state index >= 15 is 0 Å². The highest BCUT2D eigenvalue weighted by Gasteiger charge is 1.94. The first kappa shape index (κ1) is 11.7. The van der Waals surface area contributed by atoms with E-state index in [4.69, 9.17) is 11.6 Å². The van der Waals surface area contributed by atoms with Crippen LogP contribution in [0.25, 0.3) is 0 Å². The maximum absolute atomic E-state index is 5.76. The Morgan fingerprint density at radius 1 is 1.67 bits per heavy atom. The molecule has 0 bridgehead atoms. The Balaban J connectivity index is 3.31. The zero-order chi connectivity index (χ0) is 9.40. The van der Waals surface area contributed by atoms with E-state index in [0.717, 1.165) is 19.5 Å². The first-order valence-corrected chi connectivity index (χ1v) is 4.73. The molecule has 0 radical (unpaired) electrons. The van der Waals surface area contributed by atoms with Gasteiger partial charge in [-0.25, -0.2) is 0 Å². The summed E-state index contributed by atoms with van der Waals surface area (Å²) in [5.74, 6) is 0. The van der Waals surface area contributed by atoms with E-state index in [1.165, 1.54) is 5.57 Å². The van der Waals surface area contributed by atoms with Gasteiger partial charge in [-0.05, 0) is 26.8 Å². The van der Waals surface area contributed by atoms with E-state index in [9.17, 15) is 0 Å². The number of hydrogen-bond donors (Lipinski definition) is 1. The van der Waals surface area contributed by atoms with E-state index in [2.05, 4.69) is 18.8 Å². The second kappa shape index (κ2) is 7.38. The van der Waals surface area contributed by atoms with Crippen LogP contribution >= 0.6 is 11.6 Å². The lowest BCUT2D eigenvalue weighted by Crippen LogP contribution is -2.22. The quantitative estimate of drug-likeness (QED) is 0.383. The van der Waals surface area contributed by atoms with Gasteiger partial charge in [-0.1, -0.05) is 24.3 Å². The Labute approximate surface area is 80.5 Å². The molecule has 1 nitrogen and oxygen atoms in total. The van der Waals surface area contributed by atoms with Gasteiger partial charge in [0.1, 0.15) is 0 Å². The SMILES string of the molecule is C=CC=C(C)CCNCC(C)Cl. The van der Waals surface area contributed by atoms with Crippen LogP contribution in [-0.2, 0) is 0 Å². The van der Waals surface area contributed by atoms with Gasteiger partial charge in [0.25, 0.3) is 0 Å². The third-order valence-electron chi connectivity index (χ3n) is 1.52. The first-order chi connectivity index (χ1) is 5.66. The fourth-order valence-electron chi connectivity index (χ4n) is 0.871. The molecule has 0 aliphatic heterocycles. The second-order valence-corrected chi connectivity index (χ2v) is 3.73. The number of halogens is 1. The van der Waals surface area contributed by atoms with Crippen molar-refractivity contribution in [2.24, 2.45) is 0 Å². The monoisotopic (exact) mass is 187 g/mol. The molecule has 0 saturated carbocycles. The fourth-order valence-corrected chi connectivity index (χ4v) is 0.980. The van der Waals surface area contributed by atoms with Crippen molar-refractivity contribution in [3.8, 4) is 0 Å². The predicted molar refractivity (Wildman–Crippen MR) is 56.8 cm³/mol. The average molecular weight is 188 g/mol. The summed E-state index contributed by atoms with van der Waals surface area (Å²) in [5.41, 5.74) is 1.35. The molecule has 0 spiro atoms. The molecule has 0 aliphatic rings. The van der Waals surface area contributed by atoms with E-state index in [-0.39, 0.29) is 5.38 Å². The third-order valence-corrected chi connectivity index (χ3v) is 1.68. The smallest absolute Gasteiger partial charge is 0.0432 e. The zero-order valence-corrected chi connectivity index (χ0v) is 8.69. The van der Waals surface area contributed by atoms with Gasteiger partial charge in [-0.15, -0.1) is 11.6 Å². The second-order valence-electron chi connectivity index (χ2n) is 2.98. The Kier molecular flexibility index (Phi) is 7.22. The number of hydrogen-bond acceptors (Lipinski definition) is 1. The van der Waals surface area contributed by atoms with Crippen molar-refractivity contribution in [2.45, 2.75) is 25.6 Å². The van der Waals surface area contributed by atoms with E-state index < -0.39 is 0 Å². The number of nitrogens with one attached hydrogen (secondary N) is 1. The Hall–Kier alpha value is -0.270. The Bertz CT molecular complexity index is 150. The molecule has 0 heterocycles. The van der Waals surface area contributed by atoms with Crippen molar-refractivity contribution in [1.29, 1.82) is 0 Å². The molecule has 1 N–H and O–H groups in total. The van der Waals surface area contributed by atoms with Crippen LogP contribution in [0, 0.1) is 0 Å². The van der Waals surface area contributed by atoms with E-state index in [1.54, 1.807) is 0 Å². The molecule has 0 aromatic heterocycles. The standard InChI is InChI=1S/C10H18ClN/c1-4-5-9(2)6-7-12-8-10(3)11/h4-5,10,12H,1,6-8H2,2-3H3. The molecule has 0 amide bonds. The lowest BCUT2D eigenvalue weighted by molar-refractivity contribution is 0.673. The molecule has 1 unspecified atom stereocenters. The molecule has 12 heavy (non-hydrogen) atoms. The van der Waals surface area contributed by atoms with Crippen molar-refractivity contribution in [3.05, 3.63) is 24.3 Å². The van der Waals surface area contributed by atoms with Crippen molar-refractivity contribution in [2.75, 3.05) is 13.1 Å². The minimum Gasteiger partial charge on any atom is -0.315 e. The summed E-state index contributed by atoms with van der Waals surface area (Å²) >= 11 is 5.76. The summed E-state index contributed by atoms with van der Waals surface area (Å²) < 4.78 is 0. The van der Waals surface area contributed by atoms with Crippen LogP contribution in [0.4, 0.5) is 0 Å². The minimum atomic E-state index is 0.216. The molecule has 0 saturated heterocycles. The van der Waals surface area contributed by atoms with Crippen LogP contribution in [-0.4, -0.2) is 18.5 Å². The summed E-state index contributed by atoms with van der Waals surface area (Å²) in [7, 11) is 0. The molecular weight excluding hydrogens is 170 g/mol. The predicted octanol–water partition coefficient (Wildman–Crippen LogP) is 2.73. The molecule has 0 aromatic rings. The van der Waals surface area contributed by atoms with Crippen LogP contribution in [0.2, 0.25) is 0 Å². The minimum absolute atomic E-state index is 0.216. The third kappa shape index (κ3) is 7.83. The summed E-state index contributed by atoms with van der Waals surface area (Å²) in [5, 5.41) is 3.48. The van der Waals surface area contributed by atoms with Gasteiger partial charge in [-0.2, -0.15) is 0 Å². The van der Waals surface area contributed by atoms with Crippen molar-refractivity contribution >= 4 is 11.6 Å². The average Bonchev–Trinajstić information content (AvgIpc) is 1.98. The molecular formula is C10H18ClN. The van der Waals surface area contributed by atoms with Crippen molar-refractivity contribution < 1.29 is 0 Å². The molecule has 0 aromatic carbocycles. The zero-order valence-electron chi connectivity index (χ0n) is 7.94. The van der Waals surface area contributed by atoms with Gasteiger partial charge in [0.05, 0.1) is 0 Å². The van der Waals surface area contributed by atoms with Gasteiger partial charge < -0.3 is 5.32 Å². The fraction of sp³-hybridized carbons (Fsp3) is 0.600. The van der Waals surface area contributed by atoms with E-state index in [1.807, 2.05) is 19.1 Å². The summed E-state index contributed by atoms with van der Waals surface area (Å²) in [6.45, 7) is 9.60. The number of alkyl halides is 1. The Morgan fingerprint density at radius 2 is 2.33 bits per heavy atom. The van der Waals surface area contributed by atoms with Crippen LogP contribution in [0.1, 0.15) is 20.3 Å². The number of rotatable bonds is 6. The summed E-state index contributed by atoms with van der Waals surface area (Å²) in [6, 6.07) is 0. The summed E-state index contributed by atoms with van der Waals surface area (Å²) in [6.07, 6.45) is 4.92. The van der Waals surface area contributed by atoms with Crippen LogP contribution in [0.5, 0.6) is 0 Å². The summed E-state index contributed by atoms with van der Waals surface area (Å²) in [4.78, 5) is 0. The molecule has 0 fully saturated rings. The topological polar surface area (TPSA) is 12.0 Å².